The number of nitrogens with zero attached hydrogens (tertiary/aromatic N) is 3. The molecule has 1 atom stereocenters. The van der Waals surface area contributed by atoms with Gasteiger partial charge < -0.3 is 9.47 Å². The van der Waals surface area contributed by atoms with Gasteiger partial charge in [0.1, 0.15) is 5.82 Å². The molecule has 1 saturated heterocycles. The fourth-order valence-electron chi connectivity index (χ4n) is 3.30. The van der Waals surface area contributed by atoms with E-state index in [2.05, 4.69) is 26.6 Å². The van der Waals surface area contributed by atoms with Crippen LogP contribution in [0.5, 0.6) is 0 Å². The van der Waals surface area contributed by atoms with E-state index in [1.54, 1.807) is 0 Å². The maximum Gasteiger partial charge on any atom is 0.227 e. The minimum Gasteiger partial charge on any atom is -0.331 e. The van der Waals surface area contributed by atoms with Crippen molar-refractivity contribution < 1.29 is 4.79 Å². The largest absolute Gasteiger partial charge is 0.331 e. The Labute approximate surface area is 142 Å². The molecule has 1 aliphatic heterocycles. The maximum absolute atomic E-state index is 12.5. The summed E-state index contributed by atoms with van der Waals surface area (Å²) in [6.45, 7) is 0.673. The molecule has 0 bridgehead atoms. The van der Waals surface area contributed by atoms with Crippen LogP contribution in [-0.4, -0.2) is 22.0 Å². The van der Waals surface area contributed by atoms with Gasteiger partial charge in [0.25, 0.3) is 0 Å². The third-order valence-corrected chi connectivity index (χ3v) is 4.93. The number of aromatic nitrogens is 2. The molecule has 1 fully saturated rings. The van der Waals surface area contributed by atoms with Crippen LogP contribution in [0, 0.1) is 0 Å². The van der Waals surface area contributed by atoms with E-state index in [1.165, 1.54) is 0 Å². The first-order valence-electron chi connectivity index (χ1n) is 7.61. The van der Waals surface area contributed by atoms with Gasteiger partial charge in [0, 0.05) is 36.1 Å². The Morgan fingerprint density at radius 2 is 2.00 bits per heavy atom. The first-order valence-corrected chi connectivity index (χ1v) is 8.40. The van der Waals surface area contributed by atoms with Crippen LogP contribution in [0.1, 0.15) is 18.2 Å². The van der Waals surface area contributed by atoms with Crippen molar-refractivity contribution in [1.82, 2.24) is 9.55 Å². The van der Waals surface area contributed by atoms with Crippen LogP contribution >= 0.6 is 15.9 Å². The molecule has 2 heterocycles. The number of anilines is 1. The predicted octanol–water partition coefficient (Wildman–Crippen LogP) is 3.86. The molecule has 1 aromatic heterocycles. The second-order valence-electron chi connectivity index (χ2n) is 5.90. The van der Waals surface area contributed by atoms with Crippen molar-refractivity contribution in [3.63, 3.8) is 0 Å². The number of benzene rings is 2. The zero-order valence-corrected chi connectivity index (χ0v) is 14.3. The van der Waals surface area contributed by atoms with Crippen molar-refractivity contribution in [1.29, 1.82) is 0 Å². The lowest BCUT2D eigenvalue weighted by Gasteiger charge is -2.17. The summed E-state index contributed by atoms with van der Waals surface area (Å²) in [6.07, 6.45) is 0.504. The predicted molar refractivity (Wildman–Crippen MR) is 94.6 cm³/mol. The van der Waals surface area contributed by atoms with Crippen molar-refractivity contribution in [3.05, 3.63) is 58.8 Å². The molecule has 0 spiro atoms. The fraction of sp³-hybridized carbons (Fsp3) is 0.222. The molecular weight excluding hydrogens is 354 g/mol. The SMILES string of the molecule is Cn1c(C2CC(=O)N(c3cccc(Br)c3)C2)nc2ccccc21. The minimum absolute atomic E-state index is 0.124. The topological polar surface area (TPSA) is 38.1 Å². The molecule has 2 aromatic carbocycles. The highest BCUT2D eigenvalue weighted by molar-refractivity contribution is 9.10. The van der Waals surface area contributed by atoms with Gasteiger partial charge in [0.05, 0.1) is 11.0 Å². The highest BCUT2D eigenvalue weighted by atomic mass is 79.9. The Balaban J connectivity index is 1.69. The van der Waals surface area contributed by atoms with Crippen LogP contribution in [0.4, 0.5) is 5.69 Å². The molecule has 4 rings (SSSR count). The third-order valence-electron chi connectivity index (χ3n) is 4.43. The monoisotopic (exact) mass is 369 g/mol. The van der Waals surface area contributed by atoms with E-state index in [1.807, 2.05) is 54.4 Å². The van der Waals surface area contributed by atoms with Gasteiger partial charge in [-0.25, -0.2) is 4.98 Å². The number of aryl methyl sites for hydroxylation is 1. The molecule has 0 aliphatic carbocycles. The minimum atomic E-state index is 0.124. The molecule has 116 valence electrons. The fourth-order valence-corrected chi connectivity index (χ4v) is 3.69. The molecule has 3 aromatic rings. The lowest BCUT2D eigenvalue weighted by molar-refractivity contribution is -0.117. The molecule has 1 amide bonds. The summed E-state index contributed by atoms with van der Waals surface area (Å²) in [5.74, 6) is 1.26. The highest BCUT2D eigenvalue weighted by Crippen LogP contribution is 2.33. The first kappa shape index (κ1) is 14.5. The van der Waals surface area contributed by atoms with Crippen LogP contribution in [0.3, 0.4) is 0 Å². The van der Waals surface area contributed by atoms with Crippen LogP contribution in [0.2, 0.25) is 0 Å². The van der Waals surface area contributed by atoms with E-state index in [9.17, 15) is 4.79 Å². The second-order valence-corrected chi connectivity index (χ2v) is 6.82. The van der Waals surface area contributed by atoms with Crippen molar-refractivity contribution >= 4 is 38.6 Å². The number of carbonyl (C=O) groups is 1. The normalized spacial score (nSPS) is 18.1. The highest BCUT2D eigenvalue weighted by Gasteiger charge is 2.34. The van der Waals surface area contributed by atoms with Crippen LogP contribution in [0.25, 0.3) is 11.0 Å². The zero-order chi connectivity index (χ0) is 16.0. The Hall–Kier alpha value is -2.14. The zero-order valence-electron chi connectivity index (χ0n) is 12.7. The lowest BCUT2D eigenvalue weighted by atomic mass is 10.1. The van der Waals surface area contributed by atoms with Crippen molar-refractivity contribution in [2.45, 2.75) is 12.3 Å². The summed E-state index contributed by atoms with van der Waals surface area (Å²) in [7, 11) is 2.02. The van der Waals surface area contributed by atoms with E-state index in [4.69, 9.17) is 4.98 Å². The van der Waals surface area contributed by atoms with Crippen molar-refractivity contribution in [2.75, 3.05) is 11.4 Å². The van der Waals surface area contributed by atoms with Crippen molar-refractivity contribution in [3.8, 4) is 0 Å². The molecular formula is C18H16BrN3O. The number of hydrogen-bond donors (Lipinski definition) is 0. The summed E-state index contributed by atoms with van der Waals surface area (Å²) < 4.78 is 3.09. The average molecular weight is 370 g/mol. The van der Waals surface area contributed by atoms with Gasteiger partial charge in [-0.05, 0) is 30.3 Å². The van der Waals surface area contributed by atoms with Gasteiger partial charge in [-0.1, -0.05) is 34.1 Å². The number of imidazole rings is 1. The summed E-state index contributed by atoms with van der Waals surface area (Å²) in [5, 5.41) is 0. The quantitative estimate of drug-likeness (QED) is 0.687. The summed E-state index contributed by atoms with van der Waals surface area (Å²) in [4.78, 5) is 19.1. The molecule has 0 N–H and O–H groups in total. The van der Waals surface area contributed by atoms with Gasteiger partial charge in [0.2, 0.25) is 5.91 Å². The number of fused-ring (bicyclic) bond motifs is 1. The molecule has 1 aliphatic rings. The first-order chi connectivity index (χ1) is 11.1. The van der Waals surface area contributed by atoms with Gasteiger partial charge in [-0.15, -0.1) is 0 Å². The van der Waals surface area contributed by atoms with E-state index in [0.29, 0.717) is 13.0 Å². The van der Waals surface area contributed by atoms with Gasteiger partial charge in [-0.2, -0.15) is 0 Å². The number of rotatable bonds is 2. The standard InChI is InChI=1S/C18H16BrN3O/c1-21-16-8-3-2-7-15(16)20-18(21)12-9-17(23)22(11-12)14-6-4-5-13(19)10-14/h2-8,10,12H,9,11H2,1H3. The van der Waals surface area contributed by atoms with Crippen LogP contribution < -0.4 is 4.90 Å². The van der Waals surface area contributed by atoms with E-state index in [0.717, 1.165) is 27.0 Å². The van der Waals surface area contributed by atoms with Crippen LogP contribution in [0.15, 0.2) is 53.0 Å². The lowest BCUT2D eigenvalue weighted by Crippen LogP contribution is -2.24. The summed E-state index contributed by atoms with van der Waals surface area (Å²) >= 11 is 3.47. The molecule has 23 heavy (non-hydrogen) atoms. The Bertz CT molecular complexity index is 902. The number of para-hydroxylation sites is 2. The molecule has 0 radical (unpaired) electrons. The number of amides is 1. The summed E-state index contributed by atoms with van der Waals surface area (Å²) in [6, 6.07) is 16.0. The van der Waals surface area contributed by atoms with E-state index in [-0.39, 0.29) is 11.8 Å². The Kier molecular flexibility index (Phi) is 3.45. The molecule has 5 heteroatoms. The third kappa shape index (κ3) is 2.45. The molecule has 4 nitrogen and oxygen atoms in total. The van der Waals surface area contributed by atoms with Crippen LogP contribution in [-0.2, 0) is 11.8 Å². The van der Waals surface area contributed by atoms with E-state index < -0.39 is 0 Å². The smallest absolute Gasteiger partial charge is 0.227 e. The maximum atomic E-state index is 12.5. The Morgan fingerprint density at radius 3 is 2.78 bits per heavy atom. The number of carbonyl (C=O) groups excluding carboxylic acids is 1. The van der Waals surface area contributed by atoms with Gasteiger partial charge in [-0.3, -0.25) is 4.79 Å². The van der Waals surface area contributed by atoms with Crippen molar-refractivity contribution in [2.24, 2.45) is 7.05 Å². The van der Waals surface area contributed by atoms with Gasteiger partial charge in [0.15, 0.2) is 0 Å². The Morgan fingerprint density at radius 1 is 1.17 bits per heavy atom. The van der Waals surface area contributed by atoms with E-state index >= 15 is 0 Å². The second kappa shape index (κ2) is 5.49. The number of halogens is 1. The summed E-state index contributed by atoms with van der Waals surface area (Å²) in [5.41, 5.74) is 3.03. The van der Waals surface area contributed by atoms with Gasteiger partial charge >= 0.3 is 0 Å². The number of hydrogen-bond acceptors (Lipinski definition) is 2. The molecule has 0 saturated carbocycles. The molecule has 1 unspecified atom stereocenters. The average Bonchev–Trinajstić information content (AvgIpc) is 3.09.